The molecule has 2 N–H and O–H groups in total. The van der Waals surface area contributed by atoms with Gasteiger partial charge in [-0.1, -0.05) is 39.5 Å². The topological polar surface area (TPSA) is 86.3 Å². The maximum absolute atomic E-state index is 11.7. The second-order valence-electron chi connectivity index (χ2n) is 6.65. The highest BCUT2D eigenvalue weighted by molar-refractivity contribution is 5.67. The number of aliphatic hydroxyl groups excluding tert-OH is 1. The minimum atomic E-state index is -0.358. The van der Waals surface area contributed by atoms with Crippen molar-refractivity contribution in [3.05, 3.63) is 0 Å². The summed E-state index contributed by atoms with van der Waals surface area (Å²) in [5.41, 5.74) is 0. The summed E-state index contributed by atoms with van der Waals surface area (Å²) in [5.74, 6) is 2.03. The monoisotopic (exact) mass is 375 g/mol. The van der Waals surface area contributed by atoms with Crippen molar-refractivity contribution in [2.24, 2.45) is 17.8 Å². The molecule has 26 heavy (non-hydrogen) atoms. The summed E-state index contributed by atoms with van der Waals surface area (Å²) in [5, 5.41) is 11.2. The predicted molar refractivity (Wildman–Crippen MR) is 99.2 cm³/mol. The molecule has 0 aromatic rings. The third kappa shape index (κ3) is 10.3. The highest BCUT2D eigenvalue weighted by atomic mass is 16.6. The highest BCUT2D eigenvalue weighted by Crippen LogP contribution is 2.51. The van der Waals surface area contributed by atoms with E-state index in [4.69, 9.17) is 24.1 Å². The summed E-state index contributed by atoms with van der Waals surface area (Å²) in [6, 6.07) is 0. The Hall–Kier alpha value is -0.890. The number of alkyl carbamates (subject to hydrolysis) is 1. The minimum Gasteiger partial charge on any atom is -0.449 e. The van der Waals surface area contributed by atoms with Crippen LogP contribution < -0.4 is 5.32 Å². The van der Waals surface area contributed by atoms with Gasteiger partial charge in [-0.3, -0.25) is 0 Å². The molecule has 1 saturated carbocycles. The number of hydrogen-bond donors (Lipinski definition) is 2. The lowest BCUT2D eigenvalue weighted by Crippen LogP contribution is -2.29. The molecule has 3 atom stereocenters. The van der Waals surface area contributed by atoms with Gasteiger partial charge in [0.25, 0.3) is 0 Å². The van der Waals surface area contributed by atoms with E-state index in [1.54, 1.807) is 0 Å². The zero-order chi connectivity index (χ0) is 19.0. The van der Waals surface area contributed by atoms with Gasteiger partial charge < -0.3 is 29.4 Å². The van der Waals surface area contributed by atoms with Crippen molar-refractivity contribution in [1.82, 2.24) is 5.32 Å². The summed E-state index contributed by atoms with van der Waals surface area (Å²) >= 11 is 0. The lowest BCUT2D eigenvalue weighted by atomic mass is 10.1. The number of carbonyl (C=O) groups is 1. The van der Waals surface area contributed by atoms with Gasteiger partial charge in [0.2, 0.25) is 0 Å². The van der Waals surface area contributed by atoms with Crippen LogP contribution in [0.4, 0.5) is 4.79 Å². The average Bonchev–Trinajstić information content (AvgIpc) is 3.29. The van der Waals surface area contributed by atoms with Crippen LogP contribution in [0.3, 0.4) is 0 Å². The predicted octanol–water partition coefficient (Wildman–Crippen LogP) is 2.22. The van der Waals surface area contributed by atoms with Crippen molar-refractivity contribution in [1.29, 1.82) is 0 Å². The molecule has 0 spiro atoms. The maximum Gasteiger partial charge on any atom is 0.407 e. The van der Waals surface area contributed by atoms with E-state index < -0.39 is 0 Å². The maximum atomic E-state index is 11.7. The van der Waals surface area contributed by atoms with Gasteiger partial charge >= 0.3 is 6.09 Å². The zero-order valence-electron chi connectivity index (χ0n) is 16.4. The van der Waals surface area contributed by atoms with Crippen LogP contribution in [0.1, 0.15) is 39.5 Å². The quantitative estimate of drug-likeness (QED) is 0.379. The first kappa shape index (κ1) is 23.1. The van der Waals surface area contributed by atoms with Crippen molar-refractivity contribution in [3.8, 4) is 0 Å². The molecule has 0 bridgehead atoms. The van der Waals surface area contributed by atoms with E-state index in [1.807, 2.05) is 0 Å². The number of amides is 1. The highest BCUT2D eigenvalue weighted by Gasteiger charge is 2.48. The number of rotatable bonds is 17. The van der Waals surface area contributed by atoms with Gasteiger partial charge in [-0.2, -0.15) is 0 Å². The zero-order valence-corrected chi connectivity index (χ0v) is 16.4. The molecule has 1 fully saturated rings. The van der Waals surface area contributed by atoms with Crippen LogP contribution in [0, 0.1) is 17.8 Å². The van der Waals surface area contributed by atoms with Gasteiger partial charge in [0.15, 0.2) is 0 Å². The summed E-state index contributed by atoms with van der Waals surface area (Å²) in [7, 11) is 0. The Labute approximate surface area is 157 Å². The Bertz CT molecular complexity index is 343. The molecule has 0 heterocycles. The van der Waals surface area contributed by atoms with Gasteiger partial charge in [-0.15, -0.1) is 0 Å². The van der Waals surface area contributed by atoms with E-state index >= 15 is 0 Å². The molecule has 0 aromatic carbocycles. The van der Waals surface area contributed by atoms with Gasteiger partial charge in [0.1, 0.15) is 0 Å². The molecule has 7 nitrogen and oxygen atoms in total. The van der Waals surface area contributed by atoms with Crippen molar-refractivity contribution >= 4 is 6.09 Å². The Morgan fingerprint density at radius 1 is 0.846 bits per heavy atom. The van der Waals surface area contributed by atoms with Gasteiger partial charge in [-0.05, 0) is 17.8 Å². The van der Waals surface area contributed by atoms with E-state index in [1.165, 1.54) is 25.7 Å². The van der Waals surface area contributed by atoms with Crippen molar-refractivity contribution in [3.63, 3.8) is 0 Å². The largest absolute Gasteiger partial charge is 0.449 e. The number of ether oxygens (including phenoxy) is 4. The first-order valence-corrected chi connectivity index (χ1v) is 9.99. The molecule has 0 unspecified atom stereocenters. The molecule has 154 valence electrons. The summed E-state index contributed by atoms with van der Waals surface area (Å²) < 4.78 is 21.1. The fraction of sp³-hybridized carbons (Fsp3) is 0.947. The molecular weight excluding hydrogens is 338 g/mol. The van der Waals surface area contributed by atoms with Crippen LogP contribution in [0.15, 0.2) is 0 Å². The lowest BCUT2D eigenvalue weighted by Gasteiger charge is -2.08. The summed E-state index contributed by atoms with van der Waals surface area (Å²) in [6.45, 7) is 8.07. The SMILES string of the molecule is CCC[C@@H]1[C@H](CCC)[C@@H]1COC(=O)NCCOCCOCCOCCO. The van der Waals surface area contributed by atoms with Crippen LogP contribution in [-0.4, -0.2) is 70.6 Å². The van der Waals surface area contributed by atoms with E-state index in [0.717, 1.165) is 11.8 Å². The third-order valence-electron chi connectivity index (χ3n) is 4.66. The van der Waals surface area contributed by atoms with Crippen LogP contribution in [-0.2, 0) is 18.9 Å². The smallest absolute Gasteiger partial charge is 0.407 e. The molecular formula is C19H37NO6. The second kappa shape index (κ2) is 15.2. The standard InChI is InChI=1S/C19H37NO6/c1-3-5-16-17(6-4-2)18(16)15-26-19(22)20-7-9-23-11-13-25-14-12-24-10-8-21/h16-18,21H,3-15H2,1-2H3,(H,20,22)/t16-,17+,18-. The first-order valence-electron chi connectivity index (χ1n) is 9.99. The first-order chi connectivity index (χ1) is 12.7. The molecule has 7 heteroatoms. The number of aliphatic hydroxyl groups is 1. The van der Waals surface area contributed by atoms with Gasteiger partial charge in [0, 0.05) is 6.54 Å². The van der Waals surface area contributed by atoms with Crippen molar-refractivity contribution in [2.45, 2.75) is 39.5 Å². The average molecular weight is 376 g/mol. The number of carbonyl (C=O) groups excluding carboxylic acids is 1. The fourth-order valence-electron chi connectivity index (χ4n) is 3.35. The number of nitrogens with one attached hydrogen (secondary N) is 1. The van der Waals surface area contributed by atoms with Gasteiger partial charge in [0.05, 0.1) is 52.9 Å². The third-order valence-corrected chi connectivity index (χ3v) is 4.66. The van der Waals surface area contributed by atoms with Gasteiger partial charge in [-0.25, -0.2) is 4.79 Å². The van der Waals surface area contributed by atoms with E-state index in [-0.39, 0.29) is 12.7 Å². The second-order valence-corrected chi connectivity index (χ2v) is 6.65. The van der Waals surface area contributed by atoms with Crippen molar-refractivity contribution < 1.29 is 28.8 Å². The van der Waals surface area contributed by atoms with E-state index in [2.05, 4.69) is 19.2 Å². The van der Waals surface area contributed by atoms with Crippen LogP contribution in [0.25, 0.3) is 0 Å². The molecule has 1 rings (SSSR count). The molecule has 0 aromatic heterocycles. The van der Waals surface area contributed by atoms with Crippen LogP contribution >= 0.6 is 0 Å². The Kier molecular flexibility index (Phi) is 13.5. The van der Waals surface area contributed by atoms with Crippen LogP contribution in [0.5, 0.6) is 0 Å². The molecule has 1 amide bonds. The van der Waals surface area contributed by atoms with E-state index in [0.29, 0.717) is 58.7 Å². The fourth-order valence-corrected chi connectivity index (χ4v) is 3.35. The molecule has 1 aliphatic carbocycles. The summed E-state index contributed by atoms with van der Waals surface area (Å²) in [4.78, 5) is 11.7. The molecule has 0 radical (unpaired) electrons. The Morgan fingerprint density at radius 2 is 1.38 bits per heavy atom. The number of hydrogen-bond acceptors (Lipinski definition) is 6. The molecule has 1 aliphatic rings. The van der Waals surface area contributed by atoms with Crippen molar-refractivity contribution in [2.75, 3.05) is 59.4 Å². The lowest BCUT2D eigenvalue weighted by molar-refractivity contribution is 0.00815. The van der Waals surface area contributed by atoms with E-state index in [9.17, 15) is 4.79 Å². The minimum absolute atomic E-state index is 0.0256. The van der Waals surface area contributed by atoms with Crippen LogP contribution in [0.2, 0.25) is 0 Å². The Balaban J connectivity index is 1.90. The molecule has 0 aliphatic heterocycles. The summed E-state index contributed by atoms with van der Waals surface area (Å²) in [6.07, 6.45) is 4.52. The molecule has 0 saturated heterocycles. The normalized spacial score (nSPS) is 21.6. The Morgan fingerprint density at radius 3 is 1.92 bits per heavy atom.